The Morgan fingerprint density at radius 2 is 2.10 bits per heavy atom. The zero-order chi connectivity index (χ0) is 14.5. The third-order valence-corrected chi connectivity index (χ3v) is 3.84. The molecule has 1 saturated carbocycles. The number of rotatable bonds is 8. The average Bonchev–Trinajstić information content (AvgIpc) is 3.24. The molecule has 0 saturated heterocycles. The van der Waals surface area contributed by atoms with E-state index in [2.05, 4.69) is 40.4 Å². The van der Waals surface area contributed by atoms with E-state index in [4.69, 9.17) is 4.42 Å². The molecule has 0 aromatic carbocycles. The van der Waals surface area contributed by atoms with Gasteiger partial charge in [0.2, 0.25) is 0 Å². The molecule has 21 heavy (non-hydrogen) atoms. The number of aromatic nitrogens is 1. The summed E-state index contributed by atoms with van der Waals surface area (Å²) in [5, 5.41) is 3.51. The normalized spacial score (nSPS) is 14.8. The summed E-state index contributed by atoms with van der Waals surface area (Å²) in [6, 6.07) is 7.05. The molecule has 1 fully saturated rings. The molecule has 0 aliphatic heterocycles. The van der Waals surface area contributed by atoms with Crippen molar-refractivity contribution in [2.24, 2.45) is 0 Å². The number of hydrogen-bond donors (Lipinski definition) is 1. The van der Waals surface area contributed by atoms with Gasteiger partial charge < -0.3 is 9.73 Å². The van der Waals surface area contributed by atoms with Crippen LogP contribution in [-0.2, 0) is 19.5 Å². The Labute approximate surface area is 126 Å². The van der Waals surface area contributed by atoms with Crippen molar-refractivity contribution in [2.75, 3.05) is 13.6 Å². The lowest BCUT2D eigenvalue weighted by atomic mass is 10.2. The summed E-state index contributed by atoms with van der Waals surface area (Å²) >= 11 is 0. The summed E-state index contributed by atoms with van der Waals surface area (Å²) in [6.45, 7) is 2.80. The molecule has 4 heteroatoms. The summed E-state index contributed by atoms with van der Waals surface area (Å²) in [5.41, 5.74) is 2.57. The van der Waals surface area contributed by atoms with Gasteiger partial charge in [-0.15, -0.1) is 0 Å². The summed E-state index contributed by atoms with van der Waals surface area (Å²) in [7, 11) is 2.13. The molecule has 1 N–H and O–H groups in total. The van der Waals surface area contributed by atoms with Crippen LogP contribution < -0.4 is 5.32 Å². The lowest BCUT2D eigenvalue weighted by molar-refractivity contribution is 0.298. The van der Waals surface area contributed by atoms with Crippen LogP contribution in [-0.4, -0.2) is 29.5 Å². The van der Waals surface area contributed by atoms with Gasteiger partial charge in [0, 0.05) is 37.1 Å². The molecule has 3 rings (SSSR count). The SMILES string of the molecule is CN(CCc1ccncc1)Cc1cc(CNC2CC2)co1. The molecule has 2 aromatic heterocycles. The van der Waals surface area contributed by atoms with Gasteiger partial charge in [-0.25, -0.2) is 0 Å². The van der Waals surface area contributed by atoms with Crippen molar-refractivity contribution in [3.05, 3.63) is 53.7 Å². The van der Waals surface area contributed by atoms with Gasteiger partial charge in [-0.1, -0.05) is 0 Å². The maximum atomic E-state index is 5.65. The third-order valence-electron chi connectivity index (χ3n) is 3.84. The van der Waals surface area contributed by atoms with Crippen molar-refractivity contribution >= 4 is 0 Å². The molecule has 1 aliphatic carbocycles. The summed E-state index contributed by atoms with van der Waals surface area (Å²) in [4.78, 5) is 6.33. The van der Waals surface area contributed by atoms with Gasteiger partial charge in [0.15, 0.2) is 0 Å². The maximum Gasteiger partial charge on any atom is 0.118 e. The number of likely N-dealkylation sites (N-methyl/N-ethyl adjacent to an activating group) is 1. The first kappa shape index (κ1) is 14.3. The highest BCUT2D eigenvalue weighted by Gasteiger charge is 2.20. The Balaban J connectivity index is 1.42. The van der Waals surface area contributed by atoms with Crippen molar-refractivity contribution < 1.29 is 4.42 Å². The third kappa shape index (κ3) is 4.69. The molecule has 0 radical (unpaired) electrons. The quantitative estimate of drug-likeness (QED) is 0.809. The lowest BCUT2D eigenvalue weighted by Crippen LogP contribution is -2.20. The van der Waals surface area contributed by atoms with E-state index in [0.29, 0.717) is 0 Å². The minimum Gasteiger partial charge on any atom is -0.468 e. The number of nitrogens with zero attached hydrogens (tertiary/aromatic N) is 2. The number of hydrogen-bond acceptors (Lipinski definition) is 4. The van der Waals surface area contributed by atoms with Crippen LogP contribution in [0.5, 0.6) is 0 Å². The molecule has 2 heterocycles. The molecule has 4 nitrogen and oxygen atoms in total. The van der Waals surface area contributed by atoms with Gasteiger partial charge in [0.1, 0.15) is 5.76 Å². The lowest BCUT2D eigenvalue weighted by Gasteiger charge is -2.14. The first-order chi connectivity index (χ1) is 10.3. The van der Waals surface area contributed by atoms with Crippen molar-refractivity contribution in [1.29, 1.82) is 0 Å². The molecule has 0 unspecified atom stereocenters. The van der Waals surface area contributed by atoms with Gasteiger partial charge in [0.05, 0.1) is 12.8 Å². The monoisotopic (exact) mass is 285 g/mol. The molecule has 1 aliphatic rings. The first-order valence-electron chi connectivity index (χ1n) is 7.67. The number of pyridine rings is 1. The second kappa shape index (κ2) is 6.87. The van der Waals surface area contributed by atoms with Crippen LogP contribution in [0.1, 0.15) is 29.7 Å². The smallest absolute Gasteiger partial charge is 0.118 e. The van der Waals surface area contributed by atoms with E-state index in [0.717, 1.165) is 37.9 Å². The van der Waals surface area contributed by atoms with Gasteiger partial charge >= 0.3 is 0 Å². The fourth-order valence-corrected chi connectivity index (χ4v) is 2.37. The first-order valence-corrected chi connectivity index (χ1v) is 7.67. The predicted molar refractivity (Wildman–Crippen MR) is 82.8 cm³/mol. The average molecular weight is 285 g/mol. The van der Waals surface area contributed by atoms with E-state index in [1.165, 1.54) is 24.0 Å². The Kier molecular flexibility index (Phi) is 4.68. The second-order valence-electron chi connectivity index (χ2n) is 5.92. The topological polar surface area (TPSA) is 41.3 Å². The van der Waals surface area contributed by atoms with E-state index >= 15 is 0 Å². The molecule has 0 atom stereocenters. The van der Waals surface area contributed by atoms with Crippen LogP contribution in [0.4, 0.5) is 0 Å². The zero-order valence-corrected chi connectivity index (χ0v) is 12.6. The fourth-order valence-electron chi connectivity index (χ4n) is 2.37. The Bertz CT molecular complexity index is 548. The van der Waals surface area contributed by atoms with Crippen LogP contribution in [0.3, 0.4) is 0 Å². The number of furan rings is 1. The molecule has 0 amide bonds. The van der Waals surface area contributed by atoms with Crippen LogP contribution in [0, 0.1) is 0 Å². The minimum atomic E-state index is 0.742. The summed E-state index contributed by atoms with van der Waals surface area (Å²) in [6.07, 6.45) is 9.25. The highest BCUT2D eigenvalue weighted by Crippen LogP contribution is 2.19. The maximum absolute atomic E-state index is 5.65. The molecule has 0 bridgehead atoms. The van der Waals surface area contributed by atoms with Crippen LogP contribution in [0.25, 0.3) is 0 Å². The van der Waals surface area contributed by atoms with Crippen LogP contribution in [0.15, 0.2) is 41.3 Å². The molecule has 2 aromatic rings. The highest BCUT2D eigenvalue weighted by atomic mass is 16.3. The molecular weight excluding hydrogens is 262 g/mol. The van der Waals surface area contributed by atoms with Crippen molar-refractivity contribution in [2.45, 2.75) is 38.4 Å². The van der Waals surface area contributed by atoms with E-state index in [9.17, 15) is 0 Å². The summed E-state index contributed by atoms with van der Waals surface area (Å²) in [5.74, 6) is 1.04. The minimum absolute atomic E-state index is 0.742. The standard InChI is InChI=1S/C17H23N3O/c1-20(9-6-14-4-7-18-8-5-14)12-17-10-15(13-21-17)11-19-16-2-3-16/h4-5,7-8,10,13,16,19H,2-3,6,9,11-12H2,1H3. The van der Waals surface area contributed by atoms with Gasteiger partial charge in [0.25, 0.3) is 0 Å². The summed E-state index contributed by atoms with van der Waals surface area (Å²) < 4.78 is 5.65. The van der Waals surface area contributed by atoms with Crippen molar-refractivity contribution in [3.8, 4) is 0 Å². The van der Waals surface area contributed by atoms with Crippen molar-refractivity contribution in [1.82, 2.24) is 15.2 Å². The van der Waals surface area contributed by atoms with E-state index in [1.807, 2.05) is 18.7 Å². The van der Waals surface area contributed by atoms with Crippen LogP contribution in [0.2, 0.25) is 0 Å². The number of nitrogens with one attached hydrogen (secondary N) is 1. The Morgan fingerprint density at radius 1 is 1.29 bits per heavy atom. The Hall–Kier alpha value is -1.65. The van der Waals surface area contributed by atoms with E-state index in [-0.39, 0.29) is 0 Å². The van der Waals surface area contributed by atoms with E-state index < -0.39 is 0 Å². The van der Waals surface area contributed by atoms with Crippen molar-refractivity contribution in [3.63, 3.8) is 0 Å². The Morgan fingerprint density at radius 3 is 2.86 bits per heavy atom. The zero-order valence-electron chi connectivity index (χ0n) is 12.6. The van der Waals surface area contributed by atoms with Gasteiger partial charge in [-0.05, 0) is 50.1 Å². The predicted octanol–water partition coefficient (Wildman–Crippen LogP) is 2.60. The molecule has 112 valence electrons. The molecule has 0 spiro atoms. The van der Waals surface area contributed by atoms with Gasteiger partial charge in [-0.2, -0.15) is 0 Å². The fraction of sp³-hybridized carbons (Fsp3) is 0.471. The molecular formula is C17H23N3O. The second-order valence-corrected chi connectivity index (χ2v) is 5.92. The largest absolute Gasteiger partial charge is 0.468 e. The van der Waals surface area contributed by atoms with E-state index in [1.54, 1.807) is 0 Å². The van der Waals surface area contributed by atoms with Crippen LogP contribution >= 0.6 is 0 Å². The van der Waals surface area contributed by atoms with Gasteiger partial charge in [-0.3, -0.25) is 9.88 Å². The highest BCUT2D eigenvalue weighted by molar-refractivity contribution is 5.13.